The molecule has 1 aromatic heterocycles. The van der Waals surface area contributed by atoms with E-state index in [1.165, 1.54) is 6.07 Å². The fraction of sp³-hybridized carbons (Fsp3) is 0.524. The summed E-state index contributed by atoms with van der Waals surface area (Å²) < 4.78 is 11.4. The second-order valence-electron chi connectivity index (χ2n) is 7.18. The van der Waals surface area contributed by atoms with E-state index in [0.29, 0.717) is 17.9 Å². The van der Waals surface area contributed by atoms with Crippen molar-refractivity contribution in [1.29, 1.82) is 0 Å². The van der Waals surface area contributed by atoms with Crippen LogP contribution in [0.5, 0.6) is 5.75 Å². The zero-order valence-corrected chi connectivity index (χ0v) is 16.9. The molecular weight excluding hydrogens is 344 g/mol. The number of nitrogens with zero attached hydrogens (tertiary/aromatic N) is 1. The largest absolute Gasteiger partial charge is 0.480 e. The van der Waals surface area contributed by atoms with Crippen molar-refractivity contribution in [1.82, 2.24) is 10.2 Å². The van der Waals surface area contributed by atoms with E-state index in [4.69, 9.17) is 9.15 Å². The highest BCUT2D eigenvalue weighted by Crippen LogP contribution is 2.31. The fourth-order valence-electron chi connectivity index (χ4n) is 3.02. The molecule has 6 nitrogen and oxygen atoms in total. The molecule has 1 N–H and O–H groups in total. The van der Waals surface area contributed by atoms with Gasteiger partial charge in [-0.25, -0.2) is 4.79 Å². The van der Waals surface area contributed by atoms with Crippen molar-refractivity contribution >= 4 is 16.9 Å². The zero-order valence-electron chi connectivity index (χ0n) is 16.9. The Labute approximate surface area is 160 Å². The van der Waals surface area contributed by atoms with Crippen molar-refractivity contribution in [3.8, 4) is 5.75 Å². The van der Waals surface area contributed by atoms with Crippen LogP contribution in [0.2, 0.25) is 0 Å². The van der Waals surface area contributed by atoms with Gasteiger partial charge in [0.1, 0.15) is 11.3 Å². The normalized spacial score (nSPS) is 12.4. The highest BCUT2D eigenvalue weighted by Gasteiger charge is 2.18. The van der Waals surface area contributed by atoms with E-state index in [2.05, 4.69) is 17.1 Å². The number of ether oxygens (including phenoxy) is 1. The van der Waals surface area contributed by atoms with Gasteiger partial charge in [-0.05, 0) is 70.6 Å². The number of fused-ring (bicyclic) bond motifs is 1. The smallest absolute Gasteiger partial charge is 0.336 e. The van der Waals surface area contributed by atoms with Gasteiger partial charge < -0.3 is 19.4 Å². The quantitative estimate of drug-likeness (QED) is 0.540. The first-order valence-electron chi connectivity index (χ1n) is 9.48. The molecule has 148 valence electrons. The summed E-state index contributed by atoms with van der Waals surface area (Å²) in [4.78, 5) is 26.3. The van der Waals surface area contributed by atoms with Gasteiger partial charge in [-0.3, -0.25) is 4.79 Å². The van der Waals surface area contributed by atoms with Crippen molar-refractivity contribution in [2.75, 3.05) is 27.2 Å². The number of aryl methyl sites for hydroxylation is 2. The SMILES string of the molecule is CCCc1cc(=O)oc2cc(C)cc(OC(C)C(=O)NCCCN(C)C)c12. The standard InChI is InChI=1S/C21H30N2O4/c1-6-8-16-13-19(24)27-18-12-14(2)11-17(20(16)18)26-15(3)21(25)22-9-7-10-23(4)5/h11-13,15H,6-10H2,1-5H3,(H,22,25). The summed E-state index contributed by atoms with van der Waals surface area (Å²) >= 11 is 0. The number of carbonyl (C=O) groups excluding carboxylic acids is 1. The molecule has 0 aliphatic heterocycles. The average Bonchev–Trinajstić information content (AvgIpc) is 2.57. The number of benzene rings is 1. The Morgan fingerprint density at radius 1 is 1.30 bits per heavy atom. The van der Waals surface area contributed by atoms with Gasteiger partial charge in [0.15, 0.2) is 6.10 Å². The summed E-state index contributed by atoms with van der Waals surface area (Å²) in [5.74, 6) is 0.422. The first-order valence-corrected chi connectivity index (χ1v) is 9.48. The van der Waals surface area contributed by atoms with Crippen molar-refractivity contribution in [3.05, 3.63) is 39.7 Å². The molecule has 1 amide bonds. The Balaban J connectivity index is 2.22. The molecule has 1 atom stereocenters. The van der Waals surface area contributed by atoms with Gasteiger partial charge in [-0.1, -0.05) is 13.3 Å². The molecule has 6 heteroatoms. The Kier molecular flexibility index (Phi) is 7.42. The Bertz CT molecular complexity index is 842. The van der Waals surface area contributed by atoms with Crippen LogP contribution >= 0.6 is 0 Å². The van der Waals surface area contributed by atoms with Crippen molar-refractivity contribution in [2.24, 2.45) is 0 Å². The molecule has 0 saturated heterocycles. The number of nitrogens with one attached hydrogen (secondary N) is 1. The Morgan fingerprint density at radius 2 is 2.04 bits per heavy atom. The molecular formula is C21H30N2O4. The maximum Gasteiger partial charge on any atom is 0.336 e. The van der Waals surface area contributed by atoms with Crippen LogP contribution in [0.25, 0.3) is 11.0 Å². The number of amides is 1. The Morgan fingerprint density at radius 3 is 2.70 bits per heavy atom. The van der Waals surface area contributed by atoms with Crippen molar-refractivity contribution in [2.45, 2.75) is 46.1 Å². The molecule has 0 aliphatic carbocycles. The third kappa shape index (κ3) is 5.82. The van der Waals surface area contributed by atoms with E-state index in [1.807, 2.05) is 33.2 Å². The number of hydrogen-bond acceptors (Lipinski definition) is 5. The van der Waals surface area contributed by atoms with E-state index in [1.54, 1.807) is 6.92 Å². The summed E-state index contributed by atoms with van der Waals surface area (Å²) in [6.07, 6.45) is 1.88. The van der Waals surface area contributed by atoms with Gasteiger partial charge in [-0.2, -0.15) is 0 Å². The lowest BCUT2D eigenvalue weighted by molar-refractivity contribution is -0.127. The van der Waals surface area contributed by atoms with Gasteiger partial charge in [0.2, 0.25) is 0 Å². The van der Waals surface area contributed by atoms with Crippen LogP contribution in [-0.2, 0) is 11.2 Å². The minimum Gasteiger partial charge on any atom is -0.480 e. The molecule has 27 heavy (non-hydrogen) atoms. The lowest BCUT2D eigenvalue weighted by Gasteiger charge is -2.18. The third-order valence-corrected chi connectivity index (χ3v) is 4.31. The van der Waals surface area contributed by atoms with E-state index in [-0.39, 0.29) is 11.5 Å². The molecule has 1 unspecified atom stereocenters. The van der Waals surface area contributed by atoms with E-state index in [9.17, 15) is 9.59 Å². The molecule has 0 spiro atoms. The van der Waals surface area contributed by atoms with Crippen LogP contribution in [0.4, 0.5) is 0 Å². The predicted molar refractivity (Wildman–Crippen MR) is 107 cm³/mol. The minimum atomic E-state index is -0.643. The van der Waals surface area contributed by atoms with E-state index < -0.39 is 6.10 Å². The molecule has 0 fully saturated rings. The second-order valence-corrected chi connectivity index (χ2v) is 7.18. The number of rotatable bonds is 9. The summed E-state index contributed by atoms with van der Waals surface area (Å²) in [5, 5.41) is 3.68. The van der Waals surface area contributed by atoms with Crippen LogP contribution in [0.1, 0.15) is 37.8 Å². The first-order chi connectivity index (χ1) is 12.8. The fourth-order valence-corrected chi connectivity index (χ4v) is 3.02. The summed E-state index contributed by atoms with van der Waals surface area (Å²) in [5.41, 5.74) is 1.93. The van der Waals surface area contributed by atoms with Gasteiger partial charge >= 0.3 is 5.63 Å². The molecule has 0 radical (unpaired) electrons. The third-order valence-electron chi connectivity index (χ3n) is 4.31. The molecule has 1 heterocycles. The monoisotopic (exact) mass is 374 g/mol. The van der Waals surface area contributed by atoms with Crippen LogP contribution in [0.15, 0.2) is 27.4 Å². The molecule has 0 aliphatic rings. The Hall–Kier alpha value is -2.34. The molecule has 0 saturated carbocycles. The molecule has 2 rings (SSSR count). The maximum atomic E-state index is 12.4. The van der Waals surface area contributed by atoms with Gasteiger partial charge in [0, 0.05) is 12.6 Å². The molecule has 1 aromatic carbocycles. The van der Waals surface area contributed by atoms with E-state index in [0.717, 1.165) is 42.3 Å². The minimum absolute atomic E-state index is 0.155. The summed E-state index contributed by atoms with van der Waals surface area (Å²) in [6.45, 7) is 7.21. The van der Waals surface area contributed by atoms with Crippen molar-refractivity contribution < 1.29 is 13.9 Å². The van der Waals surface area contributed by atoms with Crippen LogP contribution in [-0.4, -0.2) is 44.1 Å². The van der Waals surface area contributed by atoms with Crippen LogP contribution in [0, 0.1) is 6.92 Å². The number of hydrogen-bond donors (Lipinski definition) is 1. The van der Waals surface area contributed by atoms with Gasteiger partial charge in [0.05, 0.1) is 5.39 Å². The van der Waals surface area contributed by atoms with Gasteiger partial charge in [0.25, 0.3) is 5.91 Å². The van der Waals surface area contributed by atoms with Crippen LogP contribution < -0.4 is 15.7 Å². The topological polar surface area (TPSA) is 71.8 Å². The number of carbonyl (C=O) groups is 1. The molecule has 2 aromatic rings. The first kappa shape index (κ1) is 21.0. The average molecular weight is 374 g/mol. The lowest BCUT2D eigenvalue weighted by Crippen LogP contribution is -2.37. The van der Waals surface area contributed by atoms with E-state index >= 15 is 0 Å². The van der Waals surface area contributed by atoms with Crippen molar-refractivity contribution in [3.63, 3.8) is 0 Å². The van der Waals surface area contributed by atoms with Gasteiger partial charge in [-0.15, -0.1) is 0 Å². The van der Waals surface area contributed by atoms with Crippen LogP contribution in [0.3, 0.4) is 0 Å². The maximum absolute atomic E-state index is 12.4. The lowest BCUT2D eigenvalue weighted by atomic mass is 10.0. The zero-order chi connectivity index (χ0) is 20.0. The highest BCUT2D eigenvalue weighted by molar-refractivity contribution is 5.88. The summed E-state index contributed by atoms with van der Waals surface area (Å²) in [6, 6.07) is 5.23. The summed E-state index contributed by atoms with van der Waals surface area (Å²) in [7, 11) is 4.01. The second kappa shape index (κ2) is 9.55. The molecule has 0 bridgehead atoms. The predicted octanol–water partition coefficient (Wildman–Crippen LogP) is 2.89. The highest BCUT2D eigenvalue weighted by atomic mass is 16.5.